The number of hydrogen-bond acceptors (Lipinski definition) is 7. The van der Waals surface area contributed by atoms with Gasteiger partial charge in [0.2, 0.25) is 5.71 Å². The summed E-state index contributed by atoms with van der Waals surface area (Å²) in [5, 5.41) is 29.9. The minimum absolute atomic E-state index is 0.121. The molecule has 0 radical (unpaired) electrons. The predicted octanol–water partition coefficient (Wildman–Crippen LogP) is 1.47. The Morgan fingerprint density at radius 1 is 1.64 bits per heavy atom. The van der Waals surface area contributed by atoms with Crippen LogP contribution in [0.15, 0.2) is 23.3 Å². The Labute approximate surface area is 122 Å². The number of amidine groups is 1. The second-order valence-corrected chi connectivity index (χ2v) is 3.74. The van der Waals surface area contributed by atoms with Crippen molar-refractivity contribution in [3.63, 3.8) is 0 Å². The molecule has 0 aliphatic heterocycles. The predicted molar refractivity (Wildman–Crippen MR) is 73.2 cm³/mol. The van der Waals surface area contributed by atoms with E-state index in [9.17, 15) is 18.9 Å². The van der Waals surface area contributed by atoms with Gasteiger partial charge in [-0.25, -0.2) is 8.78 Å². The van der Waals surface area contributed by atoms with Crippen molar-refractivity contribution in [2.24, 2.45) is 10.8 Å². The molecule has 9 nitrogen and oxygen atoms in total. The maximum absolute atomic E-state index is 12.2. The van der Waals surface area contributed by atoms with Crippen molar-refractivity contribution in [3.05, 3.63) is 28.3 Å². The largest absolute Gasteiger partial charge is 0.485 e. The minimum atomic E-state index is -2.74. The molecule has 0 unspecified atom stereocenters. The fourth-order valence-electron chi connectivity index (χ4n) is 1.26. The van der Waals surface area contributed by atoms with Crippen LogP contribution in [-0.2, 0) is 0 Å². The lowest BCUT2D eigenvalue weighted by Crippen LogP contribution is -2.22. The van der Waals surface area contributed by atoms with E-state index in [1.807, 2.05) is 0 Å². The Morgan fingerprint density at radius 2 is 2.32 bits per heavy atom. The summed E-state index contributed by atoms with van der Waals surface area (Å²) in [6.45, 7) is -0.923. The van der Waals surface area contributed by atoms with E-state index in [-0.39, 0.29) is 17.1 Å². The second kappa shape index (κ2) is 7.48. The first-order valence-electron chi connectivity index (χ1n) is 5.62. The van der Waals surface area contributed by atoms with Gasteiger partial charge < -0.3 is 10.5 Å². The standard InChI is InChI=1S/C11H10F2N6O3/c12-10(13)5-22-9-2-1-6(19(20)21)3-7(9)17-18-8(4-14)11(15)16/h1-3,10,17H,5H2,(H3,15,16)/b18-8+. The number of nitrogens with one attached hydrogen (secondary N) is 2. The number of non-ortho nitro benzene ring substituents is 1. The van der Waals surface area contributed by atoms with Crippen LogP contribution in [0.1, 0.15) is 0 Å². The van der Waals surface area contributed by atoms with Crippen LogP contribution in [-0.4, -0.2) is 29.5 Å². The molecular formula is C11H10F2N6O3. The molecule has 0 aliphatic carbocycles. The first kappa shape index (κ1) is 16.8. The number of nitriles is 1. The molecule has 4 N–H and O–H groups in total. The summed E-state index contributed by atoms with van der Waals surface area (Å²) in [6, 6.07) is 4.68. The molecule has 116 valence electrons. The maximum Gasteiger partial charge on any atom is 0.272 e. The SMILES string of the molecule is N#C/C(=N\Nc1cc([N+](=O)[O-])ccc1OCC(F)F)C(=N)N. The molecule has 0 aliphatic rings. The third-order valence-electron chi connectivity index (χ3n) is 2.19. The number of nitro groups is 1. The number of nitro benzene ring substituents is 1. The number of halogens is 2. The summed E-state index contributed by atoms with van der Waals surface area (Å²) in [4.78, 5) is 10.0. The van der Waals surface area contributed by atoms with E-state index in [0.29, 0.717) is 0 Å². The molecule has 0 heterocycles. The van der Waals surface area contributed by atoms with Crippen LogP contribution >= 0.6 is 0 Å². The van der Waals surface area contributed by atoms with E-state index in [1.165, 1.54) is 6.07 Å². The van der Waals surface area contributed by atoms with Gasteiger partial charge in [0, 0.05) is 12.1 Å². The van der Waals surface area contributed by atoms with Crippen molar-refractivity contribution in [2.45, 2.75) is 6.43 Å². The number of nitrogens with two attached hydrogens (primary N) is 1. The zero-order valence-electron chi connectivity index (χ0n) is 10.9. The van der Waals surface area contributed by atoms with Crippen LogP contribution < -0.4 is 15.9 Å². The molecule has 1 aromatic rings. The Bertz CT molecular complexity index is 656. The molecule has 0 bridgehead atoms. The lowest BCUT2D eigenvalue weighted by molar-refractivity contribution is -0.384. The second-order valence-electron chi connectivity index (χ2n) is 3.74. The summed E-state index contributed by atoms with van der Waals surface area (Å²) in [7, 11) is 0. The summed E-state index contributed by atoms with van der Waals surface area (Å²) in [5.74, 6) is -0.758. The molecular weight excluding hydrogens is 302 g/mol. The Hall–Kier alpha value is -3.29. The van der Waals surface area contributed by atoms with Gasteiger partial charge >= 0.3 is 0 Å². The summed E-state index contributed by atoms with van der Waals surface area (Å²) in [6.07, 6.45) is -2.74. The fraction of sp³-hybridized carbons (Fsp3) is 0.182. The van der Waals surface area contributed by atoms with Crippen molar-refractivity contribution >= 4 is 22.9 Å². The molecule has 0 amide bonds. The van der Waals surface area contributed by atoms with Gasteiger partial charge in [0.1, 0.15) is 24.1 Å². The first-order chi connectivity index (χ1) is 10.3. The van der Waals surface area contributed by atoms with E-state index < -0.39 is 29.5 Å². The van der Waals surface area contributed by atoms with E-state index in [0.717, 1.165) is 18.2 Å². The molecule has 11 heteroatoms. The van der Waals surface area contributed by atoms with E-state index in [1.54, 1.807) is 0 Å². The van der Waals surface area contributed by atoms with Gasteiger partial charge in [-0.05, 0) is 6.07 Å². The average Bonchev–Trinajstić information content (AvgIpc) is 2.45. The molecule has 1 aromatic carbocycles. The third-order valence-corrected chi connectivity index (χ3v) is 2.19. The minimum Gasteiger partial charge on any atom is -0.485 e. The average molecular weight is 312 g/mol. The molecule has 0 saturated heterocycles. The zero-order chi connectivity index (χ0) is 16.7. The topological polar surface area (TPSA) is 150 Å². The lowest BCUT2D eigenvalue weighted by atomic mass is 10.2. The quantitative estimate of drug-likeness (QED) is 0.300. The Balaban J connectivity index is 3.11. The number of hydrazone groups is 1. The number of benzene rings is 1. The Morgan fingerprint density at radius 3 is 2.82 bits per heavy atom. The monoisotopic (exact) mass is 312 g/mol. The highest BCUT2D eigenvalue weighted by Crippen LogP contribution is 2.29. The van der Waals surface area contributed by atoms with Crippen LogP contribution in [0.5, 0.6) is 5.75 Å². The van der Waals surface area contributed by atoms with Crippen LogP contribution in [0.25, 0.3) is 0 Å². The number of hydrogen-bond donors (Lipinski definition) is 3. The van der Waals surface area contributed by atoms with Crippen LogP contribution in [0.2, 0.25) is 0 Å². The van der Waals surface area contributed by atoms with Gasteiger partial charge in [0.25, 0.3) is 12.1 Å². The van der Waals surface area contributed by atoms with Crippen molar-refractivity contribution in [3.8, 4) is 11.8 Å². The zero-order valence-corrected chi connectivity index (χ0v) is 10.9. The molecule has 0 atom stereocenters. The molecule has 0 saturated carbocycles. The molecule has 22 heavy (non-hydrogen) atoms. The molecule has 1 rings (SSSR count). The van der Waals surface area contributed by atoms with Gasteiger partial charge in [0.05, 0.1) is 4.92 Å². The van der Waals surface area contributed by atoms with E-state index in [2.05, 4.69) is 10.5 Å². The van der Waals surface area contributed by atoms with Crippen molar-refractivity contribution in [1.82, 2.24) is 0 Å². The summed E-state index contributed by atoms with van der Waals surface area (Å²) >= 11 is 0. The maximum atomic E-state index is 12.2. The molecule has 0 spiro atoms. The van der Waals surface area contributed by atoms with Crippen LogP contribution in [0, 0.1) is 26.9 Å². The highest BCUT2D eigenvalue weighted by atomic mass is 19.3. The molecule has 0 aromatic heterocycles. The number of ether oxygens (including phenoxy) is 1. The van der Waals surface area contributed by atoms with Crippen LogP contribution in [0.4, 0.5) is 20.2 Å². The number of anilines is 1. The highest BCUT2D eigenvalue weighted by Gasteiger charge is 2.14. The number of alkyl halides is 2. The fourth-order valence-corrected chi connectivity index (χ4v) is 1.26. The van der Waals surface area contributed by atoms with Crippen molar-refractivity contribution in [1.29, 1.82) is 10.7 Å². The van der Waals surface area contributed by atoms with Gasteiger partial charge in [-0.1, -0.05) is 0 Å². The van der Waals surface area contributed by atoms with E-state index >= 15 is 0 Å². The smallest absolute Gasteiger partial charge is 0.272 e. The van der Waals surface area contributed by atoms with Crippen molar-refractivity contribution in [2.75, 3.05) is 12.0 Å². The number of rotatable bonds is 7. The summed E-state index contributed by atoms with van der Waals surface area (Å²) in [5.41, 5.74) is 6.37. The molecule has 0 fully saturated rings. The first-order valence-corrected chi connectivity index (χ1v) is 5.62. The van der Waals surface area contributed by atoms with Gasteiger partial charge in [-0.2, -0.15) is 10.4 Å². The summed E-state index contributed by atoms with van der Waals surface area (Å²) < 4.78 is 29.1. The Kier molecular flexibility index (Phi) is 5.70. The van der Waals surface area contributed by atoms with Gasteiger partial charge in [-0.15, -0.1) is 0 Å². The van der Waals surface area contributed by atoms with Gasteiger partial charge in [-0.3, -0.25) is 20.9 Å². The third kappa shape index (κ3) is 4.67. The van der Waals surface area contributed by atoms with Crippen LogP contribution in [0.3, 0.4) is 0 Å². The van der Waals surface area contributed by atoms with Gasteiger partial charge in [0.15, 0.2) is 5.84 Å². The van der Waals surface area contributed by atoms with Crippen molar-refractivity contribution < 1.29 is 18.4 Å². The van der Waals surface area contributed by atoms with E-state index in [4.69, 9.17) is 21.1 Å². The highest BCUT2D eigenvalue weighted by molar-refractivity contribution is 6.45. The number of nitrogens with zero attached hydrogens (tertiary/aromatic N) is 3. The lowest BCUT2D eigenvalue weighted by Gasteiger charge is -2.10. The normalized spacial score (nSPS) is 10.9.